The number of rotatable bonds is 3. The Morgan fingerprint density at radius 3 is 2.21 bits per heavy atom. The molecule has 12 heteroatoms. The first kappa shape index (κ1) is 36.4. The molecule has 1 aromatic carbocycles. The molecule has 260 valence electrons. The number of amides is 3. The molecular formula is C35H49F3N4O5. The first-order chi connectivity index (χ1) is 21.5. The lowest BCUT2D eigenvalue weighted by Crippen LogP contribution is -2.59. The Morgan fingerprint density at radius 1 is 0.979 bits per heavy atom. The van der Waals surface area contributed by atoms with E-state index in [1.165, 1.54) is 19.3 Å². The normalized spacial score (nSPS) is 31.6. The molecule has 4 aliphatic rings. The van der Waals surface area contributed by atoms with Crippen molar-refractivity contribution in [3.8, 4) is 0 Å². The van der Waals surface area contributed by atoms with Gasteiger partial charge >= 0.3 is 6.18 Å². The van der Waals surface area contributed by atoms with Crippen LogP contribution in [0.3, 0.4) is 0 Å². The SMILES string of the molecule is CC(C)(C)C(=O)Nc1ccc([N+](=O)[O-])c(C(F)(F)F)c1.CC(C)(C)NC(=O)[C@H]1CC[C@H]2[C@@H]3CC[C@H]4NC(=O)C=C[C@]4(C)[C@H]3CC[C@]12C. The predicted octanol–water partition coefficient (Wildman–Crippen LogP) is 7.41. The molecule has 0 radical (unpaired) electrons. The van der Waals surface area contributed by atoms with E-state index in [2.05, 4.69) is 56.6 Å². The van der Waals surface area contributed by atoms with Crippen LogP contribution in [0.15, 0.2) is 30.4 Å². The maximum absolute atomic E-state index is 13.0. The third-order valence-electron chi connectivity index (χ3n) is 10.9. The van der Waals surface area contributed by atoms with Crippen LogP contribution in [0.5, 0.6) is 0 Å². The zero-order valence-electron chi connectivity index (χ0n) is 28.6. The van der Waals surface area contributed by atoms with Gasteiger partial charge in [0.15, 0.2) is 0 Å². The second kappa shape index (κ2) is 12.5. The van der Waals surface area contributed by atoms with Crippen LogP contribution < -0.4 is 16.0 Å². The van der Waals surface area contributed by atoms with Gasteiger partial charge < -0.3 is 16.0 Å². The highest BCUT2D eigenvalue weighted by Gasteiger charge is 2.61. The van der Waals surface area contributed by atoms with Gasteiger partial charge in [-0.15, -0.1) is 0 Å². The molecule has 0 spiro atoms. The fourth-order valence-corrected chi connectivity index (χ4v) is 8.54. The van der Waals surface area contributed by atoms with Gasteiger partial charge in [0.25, 0.3) is 5.69 Å². The van der Waals surface area contributed by atoms with Gasteiger partial charge in [-0.3, -0.25) is 24.5 Å². The molecule has 3 fully saturated rings. The molecule has 3 N–H and O–H groups in total. The van der Waals surface area contributed by atoms with Gasteiger partial charge in [-0.2, -0.15) is 13.2 Å². The van der Waals surface area contributed by atoms with Crippen molar-refractivity contribution in [1.82, 2.24) is 10.6 Å². The van der Waals surface area contributed by atoms with Crippen molar-refractivity contribution in [2.75, 3.05) is 5.32 Å². The number of nitro benzene ring substituents is 1. The standard InChI is InChI=1S/C23H36N2O2.C12H13F3N2O3/c1-21(2,3)25-20(27)17-8-7-15-14-6-9-18-23(5,13-11-19(26)24-18)16(14)10-12-22(15,17)4;1-11(2,3)10(18)16-7-4-5-9(17(19)20)8(6-7)12(13,14)15/h11,13-18H,6-10,12H2,1-5H3,(H,24,26)(H,25,27);4-6H,1-3H3,(H,16,18)/t14-,15-,16-,17+,18+,22-,23+;/m0./s1. The lowest BCUT2D eigenvalue weighted by atomic mass is 9.48. The molecule has 0 aromatic heterocycles. The molecule has 7 atom stereocenters. The largest absolute Gasteiger partial charge is 0.423 e. The number of nitrogens with one attached hydrogen (secondary N) is 3. The molecule has 5 rings (SSSR count). The number of alkyl halides is 3. The molecule has 0 saturated heterocycles. The fourth-order valence-electron chi connectivity index (χ4n) is 8.54. The van der Waals surface area contributed by atoms with Gasteiger partial charge in [0.2, 0.25) is 17.7 Å². The van der Waals surface area contributed by atoms with Crippen LogP contribution in [-0.2, 0) is 20.6 Å². The van der Waals surface area contributed by atoms with E-state index < -0.39 is 33.7 Å². The van der Waals surface area contributed by atoms with Crippen molar-refractivity contribution in [2.24, 2.45) is 39.9 Å². The molecule has 3 amide bonds. The highest BCUT2D eigenvalue weighted by atomic mass is 19.4. The third kappa shape index (κ3) is 7.51. The lowest BCUT2D eigenvalue weighted by molar-refractivity contribution is -0.388. The number of benzene rings is 1. The first-order valence-corrected chi connectivity index (χ1v) is 16.5. The van der Waals surface area contributed by atoms with Crippen LogP contribution in [-0.4, -0.2) is 34.2 Å². The smallest absolute Gasteiger partial charge is 0.351 e. The number of hydrogen-bond acceptors (Lipinski definition) is 5. The van der Waals surface area contributed by atoms with Crippen molar-refractivity contribution < 1.29 is 32.5 Å². The van der Waals surface area contributed by atoms with E-state index in [1.807, 2.05) is 0 Å². The number of fused-ring (bicyclic) bond motifs is 5. The third-order valence-corrected chi connectivity index (χ3v) is 10.9. The van der Waals surface area contributed by atoms with Crippen LogP contribution in [0.25, 0.3) is 0 Å². The van der Waals surface area contributed by atoms with Gasteiger partial charge in [0.1, 0.15) is 5.56 Å². The van der Waals surface area contributed by atoms with Crippen LogP contribution in [0.1, 0.15) is 99.5 Å². The van der Waals surface area contributed by atoms with Gasteiger partial charge in [0, 0.05) is 40.1 Å². The summed E-state index contributed by atoms with van der Waals surface area (Å²) in [5.74, 6) is 1.92. The van der Waals surface area contributed by atoms with E-state index in [-0.39, 0.29) is 45.8 Å². The average Bonchev–Trinajstić information content (AvgIpc) is 3.29. The zero-order valence-corrected chi connectivity index (χ0v) is 28.6. The summed E-state index contributed by atoms with van der Waals surface area (Å²) in [5, 5.41) is 19.4. The molecule has 1 heterocycles. The van der Waals surface area contributed by atoms with Crippen molar-refractivity contribution in [3.63, 3.8) is 0 Å². The topological polar surface area (TPSA) is 130 Å². The van der Waals surface area contributed by atoms with Gasteiger partial charge in [-0.25, -0.2) is 0 Å². The monoisotopic (exact) mass is 662 g/mol. The second-order valence-corrected chi connectivity index (χ2v) is 16.3. The number of nitrogens with zero attached hydrogens (tertiary/aromatic N) is 1. The van der Waals surface area contributed by atoms with Crippen LogP contribution >= 0.6 is 0 Å². The highest BCUT2D eigenvalue weighted by molar-refractivity contribution is 5.94. The van der Waals surface area contributed by atoms with Crippen molar-refractivity contribution in [1.29, 1.82) is 0 Å². The molecule has 3 aliphatic carbocycles. The van der Waals surface area contributed by atoms with Gasteiger partial charge in [0.05, 0.1) is 4.92 Å². The minimum atomic E-state index is -4.87. The molecule has 0 bridgehead atoms. The molecule has 1 aliphatic heterocycles. The summed E-state index contributed by atoms with van der Waals surface area (Å²) in [6, 6.07) is 2.63. The Bertz CT molecular complexity index is 1450. The number of carbonyl (C=O) groups excluding carboxylic acids is 3. The second-order valence-electron chi connectivity index (χ2n) is 16.3. The van der Waals surface area contributed by atoms with Crippen molar-refractivity contribution >= 4 is 29.1 Å². The quantitative estimate of drug-likeness (QED) is 0.229. The predicted molar refractivity (Wildman–Crippen MR) is 173 cm³/mol. The van der Waals surface area contributed by atoms with Crippen LogP contribution in [0.2, 0.25) is 0 Å². The Labute approximate surface area is 275 Å². The maximum atomic E-state index is 13.0. The first-order valence-electron chi connectivity index (χ1n) is 16.5. The van der Waals surface area contributed by atoms with E-state index in [0.717, 1.165) is 31.4 Å². The Hall–Kier alpha value is -3.44. The summed E-state index contributed by atoms with van der Waals surface area (Å²) in [7, 11) is 0. The number of halogens is 3. The molecule has 1 aromatic rings. The van der Waals surface area contributed by atoms with E-state index >= 15 is 0 Å². The highest BCUT2D eigenvalue weighted by Crippen LogP contribution is 2.65. The zero-order chi connectivity index (χ0) is 35.3. The van der Waals surface area contributed by atoms with E-state index in [9.17, 15) is 37.7 Å². The minimum Gasteiger partial charge on any atom is -0.351 e. The molecule has 0 unspecified atom stereocenters. The molecular weight excluding hydrogens is 613 g/mol. The summed E-state index contributed by atoms with van der Waals surface area (Å²) in [4.78, 5) is 46.0. The maximum Gasteiger partial charge on any atom is 0.423 e. The molecule has 9 nitrogen and oxygen atoms in total. The lowest BCUT2D eigenvalue weighted by Gasteiger charge is -2.58. The number of anilines is 1. The van der Waals surface area contributed by atoms with Gasteiger partial charge in [-0.05, 0) is 101 Å². The van der Waals surface area contributed by atoms with Crippen molar-refractivity contribution in [2.45, 2.75) is 112 Å². The van der Waals surface area contributed by atoms with E-state index in [0.29, 0.717) is 23.8 Å². The van der Waals surface area contributed by atoms with Crippen LogP contribution in [0, 0.1) is 50.0 Å². The van der Waals surface area contributed by atoms with E-state index in [1.54, 1.807) is 26.8 Å². The Morgan fingerprint density at radius 2 is 1.64 bits per heavy atom. The number of hydrogen-bond donors (Lipinski definition) is 3. The van der Waals surface area contributed by atoms with E-state index in [4.69, 9.17) is 0 Å². The Kier molecular flexibility index (Phi) is 9.71. The molecule has 47 heavy (non-hydrogen) atoms. The van der Waals surface area contributed by atoms with Crippen molar-refractivity contribution in [3.05, 3.63) is 46.0 Å². The van der Waals surface area contributed by atoms with Crippen LogP contribution in [0.4, 0.5) is 24.5 Å². The summed E-state index contributed by atoms with van der Waals surface area (Å²) < 4.78 is 38.2. The summed E-state index contributed by atoms with van der Waals surface area (Å²) in [6.07, 6.45) is 5.84. The number of nitro groups is 1. The fraction of sp³-hybridized carbons (Fsp3) is 0.686. The summed E-state index contributed by atoms with van der Waals surface area (Å²) >= 11 is 0. The summed E-state index contributed by atoms with van der Waals surface area (Å²) in [5.41, 5.74) is -3.34. The Balaban J connectivity index is 0.000000224. The van der Waals surface area contributed by atoms with Gasteiger partial charge in [-0.1, -0.05) is 40.7 Å². The minimum absolute atomic E-state index is 0.0661. The average molecular weight is 663 g/mol. The summed E-state index contributed by atoms with van der Waals surface area (Å²) in [6.45, 7) is 15.7. The molecule has 3 saturated carbocycles. The number of carbonyl (C=O) groups is 3.